The molecule has 9 nitrogen and oxygen atoms in total. The minimum atomic E-state index is -0.421. The predicted molar refractivity (Wildman–Crippen MR) is 107 cm³/mol. The van der Waals surface area contributed by atoms with Crippen LogP contribution in [-0.4, -0.2) is 59.8 Å². The Morgan fingerprint density at radius 1 is 1.23 bits per heavy atom. The first-order valence-electron chi connectivity index (χ1n) is 9.55. The number of morpholine rings is 1. The van der Waals surface area contributed by atoms with Gasteiger partial charge >= 0.3 is 11.6 Å². The number of carbonyl (C=O) groups is 1. The zero-order chi connectivity index (χ0) is 20.9. The van der Waals surface area contributed by atoms with E-state index in [1.807, 2.05) is 6.92 Å². The highest BCUT2D eigenvalue weighted by Crippen LogP contribution is 2.22. The van der Waals surface area contributed by atoms with Crippen LogP contribution in [0, 0.1) is 6.92 Å². The maximum Gasteiger partial charge on any atom is 0.336 e. The highest BCUT2D eigenvalue weighted by Gasteiger charge is 2.25. The molecule has 0 saturated carbocycles. The van der Waals surface area contributed by atoms with Crippen LogP contribution in [0.5, 0.6) is 11.8 Å². The van der Waals surface area contributed by atoms with Crippen LogP contribution in [0.3, 0.4) is 0 Å². The summed E-state index contributed by atoms with van der Waals surface area (Å²) in [5.41, 5.74) is 0.832. The summed E-state index contributed by atoms with van der Waals surface area (Å²) in [6.07, 6.45) is 2.91. The van der Waals surface area contributed by atoms with E-state index in [1.54, 1.807) is 41.6 Å². The van der Waals surface area contributed by atoms with Crippen molar-refractivity contribution in [3.05, 3.63) is 58.7 Å². The molecule has 0 bridgehead atoms. The summed E-state index contributed by atoms with van der Waals surface area (Å²) < 4.78 is 22.0. The molecule has 1 saturated heterocycles. The third-order valence-electron chi connectivity index (χ3n) is 4.72. The van der Waals surface area contributed by atoms with Crippen LogP contribution in [0.2, 0.25) is 0 Å². The molecule has 1 amide bonds. The number of carbonyl (C=O) groups excluding carboxylic acids is 1. The van der Waals surface area contributed by atoms with E-state index in [0.717, 1.165) is 10.9 Å². The summed E-state index contributed by atoms with van der Waals surface area (Å²) in [7, 11) is 0. The molecule has 1 unspecified atom stereocenters. The lowest BCUT2D eigenvalue weighted by atomic mass is 10.1. The summed E-state index contributed by atoms with van der Waals surface area (Å²) in [6.45, 7) is 3.24. The van der Waals surface area contributed by atoms with Gasteiger partial charge in [-0.25, -0.2) is 14.8 Å². The van der Waals surface area contributed by atoms with Crippen molar-refractivity contribution in [3.63, 3.8) is 0 Å². The standard InChI is InChI=1S/C21H21N3O6/c1-14-9-20(26)30-18-10-15(3-4-17(14)18)28-13-19(25)24-7-8-27-16(11-24)12-29-21-22-5-2-6-23-21/h2-6,9-10,16H,7-8,11-13H2,1H3. The molecule has 3 heterocycles. The Morgan fingerprint density at radius 3 is 2.90 bits per heavy atom. The van der Waals surface area contributed by atoms with Crippen LogP contribution in [0.1, 0.15) is 5.56 Å². The Balaban J connectivity index is 1.32. The van der Waals surface area contributed by atoms with Gasteiger partial charge in [-0.3, -0.25) is 4.79 Å². The molecule has 4 rings (SSSR count). The monoisotopic (exact) mass is 411 g/mol. The van der Waals surface area contributed by atoms with E-state index in [4.69, 9.17) is 18.6 Å². The van der Waals surface area contributed by atoms with E-state index in [9.17, 15) is 9.59 Å². The van der Waals surface area contributed by atoms with Gasteiger partial charge in [0.2, 0.25) is 0 Å². The van der Waals surface area contributed by atoms with E-state index >= 15 is 0 Å². The molecule has 3 aromatic rings. The highest BCUT2D eigenvalue weighted by molar-refractivity contribution is 5.81. The summed E-state index contributed by atoms with van der Waals surface area (Å²) >= 11 is 0. The van der Waals surface area contributed by atoms with Gasteiger partial charge in [0.25, 0.3) is 5.91 Å². The molecule has 30 heavy (non-hydrogen) atoms. The van der Waals surface area contributed by atoms with E-state index in [2.05, 4.69) is 9.97 Å². The second-order valence-corrected chi connectivity index (χ2v) is 6.87. The van der Waals surface area contributed by atoms with Gasteiger partial charge < -0.3 is 23.5 Å². The SMILES string of the molecule is Cc1cc(=O)oc2cc(OCC(=O)N3CCOC(COc4ncccn4)C3)ccc12. The number of benzene rings is 1. The molecule has 0 spiro atoms. The maximum atomic E-state index is 12.6. The highest BCUT2D eigenvalue weighted by atomic mass is 16.5. The Morgan fingerprint density at radius 2 is 2.07 bits per heavy atom. The van der Waals surface area contributed by atoms with E-state index in [1.165, 1.54) is 6.07 Å². The molecule has 1 aliphatic rings. The van der Waals surface area contributed by atoms with Crippen molar-refractivity contribution in [2.24, 2.45) is 0 Å². The first kappa shape index (κ1) is 19.8. The Hall–Kier alpha value is -3.46. The summed E-state index contributed by atoms with van der Waals surface area (Å²) in [5.74, 6) is 0.295. The van der Waals surface area contributed by atoms with Gasteiger partial charge in [-0.1, -0.05) is 0 Å². The van der Waals surface area contributed by atoms with Crippen molar-refractivity contribution in [2.75, 3.05) is 32.9 Å². The topological polar surface area (TPSA) is 104 Å². The van der Waals surface area contributed by atoms with Gasteiger partial charge in [-0.15, -0.1) is 0 Å². The Kier molecular flexibility index (Phi) is 5.89. The normalized spacial score (nSPS) is 16.4. The van der Waals surface area contributed by atoms with Gasteiger partial charge in [0.15, 0.2) is 6.61 Å². The molecule has 0 aliphatic carbocycles. The molecule has 1 atom stereocenters. The van der Waals surface area contributed by atoms with Crippen LogP contribution in [0.15, 0.2) is 51.9 Å². The van der Waals surface area contributed by atoms with Crippen molar-refractivity contribution in [2.45, 2.75) is 13.0 Å². The number of rotatable bonds is 6. The van der Waals surface area contributed by atoms with Crippen LogP contribution < -0.4 is 15.1 Å². The van der Waals surface area contributed by atoms with E-state index in [-0.39, 0.29) is 31.2 Å². The molecular weight excluding hydrogens is 390 g/mol. The fourth-order valence-corrected chi connectivity index (χ4v) is 3.21. The van der Waals surface area contributed by atoms with Gasteiger partial charge in [0, 0.05) is 36.5 Å². The lowest BCUT2D eigenvalue weighted by molar-refractivity contribution is -0.142. The van der Waals surface area contributed by atoms with Gasteiger partial charge in [0.05, 0.1) is 13.2 Å². The molecule has 2 aromatic heterocycles. The van der Waals surface area contributed by atoms with Crippen LogP contribution in [-0.2, 0) is 9.53 Å². The minimum absolute atomic E-state index is 0.128. The molecule has 0 radical (unpaired) electrons. The van der Waals surface area contributed by atoms with Crippen molar-refractivity contribution < 1.29 is 23.4 Å². The molecule has 1 aromatic carbocycles. The lowest BCUT2D eigenvalue weighted by Crippen LogP contribution is -2.49. The largest absolute Gasteiger partial charge is 0.484 e. The van der Waals surface area contributed by atoms with Crippen LogP contribution in [0.4, 0.5) is 0 Å². The number of hydrogen-bond acceptors (Lipinski definition) is 8. The Labute approximate surface area is 172 Å². The van der Waals surface area contributed by atoms with Crippen molar-refractivity contribution in [1.29, 1.82) is 0 Å². The van der Waals surface area contributed by atoms with Crippen molar-refractivity contribution in [1.82, 2.24) is 14.9 Å². The number of nitrogens with zero attached hydrogens (tertiary/aromatic N) is 3. The summed E-state index contributed by atoms with van der Waals surface area (Å²) in [4.78, 5) is 33.8. The fraction of sp³-hybridized carbons (Fsp3) is 0.333. The lowest BCUT2D eigenvalue weighted by Gasteiger charge is -2.32. The zero-order valence-electron chi connectivity index (χ0n) is 16.4. The van der Waals surface area contributed by atoms with E-state index in [0.29, 0.717) is 31.0 Å². The Bertz CT molecular complexity index is 1090. The van der Waals surface area contributed by atoms with Crippen LogP contribution >= 0.6 is 0 Å². The molecule has 0 N–H and O–H groups in total. The molecule has 1 aliphatic heterocycles. The number of amides is 1. The number of aryl methyl sites for hydroxylation is 1. The van der Waals surface area contributed by atoms with Crippen molar-refractivity contribution in [3.8, 4) is 11.8 Å². The first-order valence-corrected chi connectivity index (χ1v) is 9.55. The maximum absolute atomic E-state index is 12.6. The number of ether oxygens (including phenoxy) is 3. The van der Waals surface area contributed by atoms with Crippen molar-refractivity contribution >= 4 is 16.9 Å². The third kappa shape index (κ3) is 4.74. The van der Waals surface area contributed by atoms with Gasteiger partial charge in [0.1, 0.15) is 24.0 Å². The molecule has 156 valence electrons. The molecule has 9 heteroatoms. The zero-order valence-corrected chi connectivity index (χ0v) is 16.4. The first-order chi connectivity index (χ1) is 14.6. The van der Waals surface area contributed by atoms with Gasteiger partial charge in [-0.05, 0) is 30.7 Å². The molecule has 1 fully saturated rings. The number of aromatic nitrogens is 2. The second kappa shape index (κ2) is 8.91. The third-order valence-corrected chi connectivity index (χ3v) is 4.72. The number of hydrogen-bond donors (Lipinski definition) is 0. The van der Waals surface area contributed by atoms with Gasteiger partial charge in [-0.2, -0.15) is 0 Å². The fourth-order valence-electron chi connectivity index (χ4n) is 3.21. The predicted octanol–water partition coefficient (Wildman–Crippen LogP) is 1.58. The molecular formula is C21H21N3O6. The van der Waals surface area contributed by atoms with E-state index < -0.39 is 5.63 Å². The average molecular weight is 411 g/mol. The minimum Gasteiger partial charge on any atom is -0.484 e. The quantitative estimate of drug-likeness (QED) is 0.563. The smallest absolute Gasteiger partial charge is 0.336 e. The summed E-state index contributed by atoms with van der Waals surface area (Å²) in [5, 5.41) is 0.826. The second-order valence-electron chi connectivity index (χ2n) is 6.87. The average Bonchev–Trinajstić information content (AvgIpc) is 2.76. The number of fused-ring (bicyclic) bond motifs is 1. The summed E-state index contributed by atoms with van der Waals surface area (Å²) in [6, 6.07) is 8.59. The van der Waals surface area contributed by atoms with Crippen LogP contribution in [0.25, 0.3) is 11.0 Å².